The van der Waals surface area contributed by atoms with Crippen LogP contribution in [-0.2, 0) is 14.0 Å². The number of alkyl carbamates (subject to hydrolysis) is 1. The Kier molecular flexibility index (Phi) is 7.71. The molecule has 7 heteroatoms. The van der Waals surface area contributed by atoms with Crippen molar-refractivity contribution in [3.63, 3.8) is 0 Å². The molecule has 0 saturated carbocycles. The van der Waals surface area contributed by atoms with E-state index in [4.69, 9.17) is 9.16 Å². The highest BCUT2D eigenvalue weighted by Gasteiger charge is 2.37. The van der Waals surface area contributed by atoms with Crippen molar-refractivity contribution in [2.75, 3.05) is 19.7 Å². The van der Waals surface area contributed by atoms with Gasteiger partial charge >= 0.3 is 6.09 Å². The summed E-state index contributed by atoms with van der Waals surface area (Å²) in [6.45, 7) is 18.3. The van der Waals surface area contributed by atoms with Crippen LogP contribution in [0.2, 0.25) is 18.1 Å². The van der Waals surface area contributed by atoms with E-state index in [1.54, 1.807) is 0 Å². The molecular weight excluding hydrogens is 348 g/mol. The van der Waals surface area contributed by atoms with Crippen LogP contribution in [0.15, 0.2) is 0 Å². The number of carbonyl (C=O) groups excluding carboxylic acids is 2. The number of carbonyl (C=O) groups is 2. The van der Waals surface area contributed by atoms with E-state index < -0.39 is 26.1 Å². The number of hydrogen-bond acceptors (Lipinski definition) is 4. The molecule has 1 rings (SSSR count). The van der Waals surface area contributed by atoms with Crippen LogP contribution in [-0.4, -0.2) is 56.6 Å². The normalized spacial score (nSPS) is 19.9. The second kappa shape index (κ2) is 8.74. The van der Waals surface area contributed by atoms with Crippen molar-refractivity contribution in [3.8, 4) is 0 Å². The van der Waals surface area contributed by atoms with Crippen molar-refractivity contribution in [2.45, 2.75) is 90.6 Å². The second-order valence-electron chi connectivity index (χ2n) is 9.63. The molecular formula is C19H38N2O4Si. The van der Waals surface area contributed by atoms with Crippen molar-refractivity contribution in [1.29, 1.82) is 0 Å². The lowest BCUT2D eigenvalue weighted by atomic mass is 10.1. The van der Waals surface area contributed by atoms with Gasteiger partial charge in [0, 0.05) is 13.1 Å². The van der Waals surface area contributed by atoms with Crippen LogP contribution in [0.5, 0.6) is 0 Å². The van der Waals surface area contributed by atoms with Crippen molar-refractivity contribution in [2.24, 2.45) is 0 Å². The fourth-order valence-electron chi connectivity index (χ4n) is 2.54. The van der Waals surface area contributed by atoms with Crippen LogP contribution in [0.25, 0.3) is 0 Å². The smallest absolute Gasteiger partial charge is 0.408 e. The molecule has 0 unspecified atom stereocenters. The van der Waals surface area contributed by atoms with Gasteiger partial charge in [-0.05, 0) is 58.2 Å². The Bertz CT molecular complexity index is 495. The van der Waals surface area contributed by atoms with Crippen molar-refractivity contribution < 1.29 is 18.8 Å². The fraction of sp³-hybridized carbons (Fsp3) is 0.895. The van der Waals surface area contributed by atoms with Crippen molar-refractivity contribution >= 4 is 20.3 Å². The standard InChI is InChI=1S/C19H38N2O4Si/c1-18(2,3)25-17(23)20-15-11-9-10-12-21(16(15)22)13-14-24-26(7,8)19(4,5)6/h15H,9-14H2,1-8H3,(H,20,23)/t15-/m0/s1. The molecule has 0 aromatic rings. The molecule has 1 aliphatic heterocycles. The SMILES string of the molecule is CC(C)(C)OC(=O)N[C@H]1CCCCN(CCO[Si](C)(C)C(C)(C)C)C1=O. The second-order valence-corrected chi connectivity index (χ2v) is 14.4. The number of ether oxygens (including phenoxy) is 1. The van der Waals surface area contributed by atoms with E-state index in [2.05, 4.69) is 39.2 Å². The molecule has 0 aromatic heterocycles. The summed E-state index contributed by atoms with van der Waals surface area (Å²) in [5.74, 6) is -0.0350. The van der Waals surface area contributed by atoms with E-state index in [1.165, 1.54) is 0 Å². The van der Waals surface area contributed by atoms with Crippen molar-refractivity contribution in [1.82, 2.24) is 10.2 Å². The van der Waals surface area contributed by atoms with Gasteiger partial charge in [0.2, 0.25) is 5.91 Å². The Labute approximate surface area is 160 Å². The first kappa shape index (κ1) is 23.0. The first-order chi connectivity index (χ1) is 11.7. The zero-order valence-electron chi connectivity index (χ0n) is 17.9. The monoisotopic (exact) mass is 386 g/mol. The minimum absolute atomic E-state index is 0.0350. The van der Waals surface area contributed by atoms with Crippen molar-refractivity contribution in [3.05, 3.63) is 0 Å². The van der Waals surface area contributed by atoms with Gasteiger partial charge in [0.25, 0.3) is 0 Å². The molecule has 1 heterocycles. The predicted molar refractivity (Wildman–Crippen MR) is 107 cm³/mol. The van der Waals surface area contributed by atoms with Crippen LogP contribution in [0, 0.1) is 0 Å². The molecule has 1 fully saturated rings. The van der Waals surface area contributed by atoms with Gasteiger partial charge in [0.1, 0.15) is 11.6 Å². The number of likely N-dealkylation sites (tertiary alicyclic amines) is 1. The molecule has 26 heavy (non-hydrogen) atoms. The Morgan fingerprint density at radius 3 is 2.35 bits per heavy atom. The van der Waals surface area contributed by atoms with Gasteiger partial charge in [0.15, 0.2) is 8.32 Å². The highest BCUT2D eigenvalue weighted by Crippen LogP contribution is 2.36. The summed E-state index contributed by atoms with van der Waals surface area (Å²) in [7, 11) is -1.82. The van der Waals surface area contributed by atoms with Gasteiger partial charge in [0.05, 0.1) is 6.61 Å². The highest BCUT2D eigenvalue weighted by atomic mass is 28.4. The Morgan fingerprint density at radius 1 is 1.19 bits per heavy atom. The van der Waals surface area contributed by atoms with E-state index in [0.717, 1.165) is 12.8 Å². The third-order valence-corrected chi connectivity index (χ3v) is 9.64. The van der Waals surface area contributed by atoms with Gasteiger partial charge in [-0.2, -0.15) is 0 Å². The summed E-state index contributed by atoms with van der Waals surface area (Å²) in [6.07, 6.45) is 1.97. The Hall–Kier alpha value is -1.08. The van der Waals surface area contributed by atoms with Crippen LogP contribution >= 0.6 is 0 Å². The van der Waals surface area contributed by atoms with Gasteiger partial charge in [-0.1, -0.05) is 20.8 Å². The third kappa shape index (κ3) is 7.27. The zero-order chi connectivity index (χ0) is 20.2. The topological polar surface area (TPSA) is 67.9 Å². The number of amides is 2. The van der Waals surface area contributed by atoms with E-state index in [-0.39, 0.29) is 10.9 Å². The summed E-state index contributed by atoms with van der Waals surface area (Å²) in [5.41, 5.74) is -0.575. The first-order valence-electron chi connectivity index (χ1n) is 9.65. The van der Waals surface area contributed by atoms with Gasteiger partial charge in [-0.15, -0.1) is 0 Å². The quantitative estimate of drug-likeness (QED) is 0.727. The molecule has 1 N–H and O–H groups in total. The summed E-state index contributed by atoms with van der Waals surface area (Å²) in [4.78, 5) is 26.7. The third-order valence-electron chi connectivity index (χ3n) is 5.10. The summed E-state index contributed by atoms with van der Waals surface area (Å²) >= 11 is 0. The summed E-state index contributed by atoms with van der Waals surface area (Å²) < 4.78 is 11.5. The first-order valence-corrected chi connectivity index (χ1v) is 12.6. The number of nitrogens with zero attached hydrogens (tertiary/aromatic N) is 1. The molecule has 0 aliphatic carbocycles. The maximum absolute atomic E-state index is 12.8. The van der Waals surface area contributed by atoms with Gasteiger partial charge < -0.3 is 19.4 Å². The van der Waals surface area contributed by atoms with E-state index >= 15 is 0 Å². The van der Waals surface area contributed by atoms with Gasteiger partial charge in [-0.25, -0.2) is 4.79 Å². The number of hydrogen-bond donors (Lipinski definition) is 1. The molecule has 2 amide bonds. The van der Waals surface area contributed by atoms with E-state index in [1.807, 2.05) is 25.7 Å². The molecule has 6 nitrogen and oxygen atoms in total. The highest BCUT2D eigenvalue weighted by molar-refractivity contribution is 6.74. The lowest BCUT2D eigenvalue weighted by Crippen LogP contribution is -2.50. The Balaban J connectivity index is 2.61. The van der Waals surface area contributed by atoms with Crippen LogP contribution < -0.4 is 5.32 Å². The molecule has 0 radical (unpaired) electrons. The molecule has 0 spiro atoms. The summed E-state index contributed by atoms with van der Waals surface area (Å²) in [6, 6.07) is -0.514. The average molecular weight is 387 g/mol. The lowest BCUT2D eigenvalue weighted by molar-refractivity contribution is -0.133. The fourth-order valence-corrected chi connectivity index (χ4v) is 3.57. The maximum atomic E-state index is 12.8. The van der Waals surface area contributed by atoms with Crippen LogP contribution in [0.1, 0.15) is 60.8 Å². The lowest BCUT2D eigenvalue weighted by Gasteiger charge is -2.37. The molecule has 1 saturated heterocycles. The van der Waals surface area contributed by atoms with Gasteiger partial charge in [-0.3, -0.25) is 4.79 Å². The molecule has 1 atom stereocenters. The van der Waals surface area contributed by atoms with Crippen LogP contribution in [0.3, 0.4) is 0 Å². The predicted octanol–water partition coefficient (Wildman–Crippen LogP) is 3.91. The molecule has 0 aromatic carbocycles. The number of nitrogens with one attached hydrogen (secondary N) is 1. The van der Waals surface area contributed by atoms with E-state index in [9.17, 15) is 9.59 Å². The maximum Gasteiger partial charge on any atom is 0.408 e. The average Bonchev–Trinajstić information content (AvgIpc) is 2.59. The molecule has 0 bridgehead atoms. The number of rotatable bonds is 5. The van der Waals surface area contributed by atoms with Crippen LogP contribution in [0.4, 0.5) is 4.79 Å². The zero-order valence-corrected chi connectivity index (χ0v) is 18.9. The molecule has 152 valence electrons. The minimum Gasteiger partial charge on any atom is -0.444 e. The minimum atomic E-state index is -1.82. The summed E-state index contributed by atoms with van der Waals surface area (Å²) in [5, 5.41) is 2.89. The Morgan fingerprint density at radius 2 is 1.81 bits per heavy atom. The largest absolute Gasteiger partial charge is 0.444 e. The van der Waals surface area contributed by atoms with E-state index in [0.29, 0.717) is 26.1 Å². The molecule has 1 aliphatic rings.